The van der Waals surface area contributed by atoms with Crippen LogP contribution in [0.25, 0.3) is 10.9 Å². The maximum atomic E-state index is 12.8. The molecule has 0 bridgehead atoms. The van der Waals surface area contributed by atoms with E-state index in [-0.39, 0.29) is 15.8 Å². The first kappa shape index (κ1) is 14.1. The lowest BCUT2D eigenvalue weighted by molar-refractivity contribution is -0.382. The summed E-state index contributed by atoms with van der Waals surface area (Å²) < 4.78 is 26.3. The molecule has 22 heavy (non-hydrogen) atoms. The van der Waals surface area contributed by atoms with Crippen LogP contribution < -0.4 is 5.73 Å². The van der Waals surface area contributed by atoms with Crippen LogP contribution in [-0.2, 0) is 10.0 Å². The van der Waals surface area contributed by atoms with Gasteiger partial charge in [-0.05, 0) is 24.3 Å². The van der Waals surface area contributed by atoms with Gasteiger partial charge in [-0.2, -0.15) is 0 Å². The molecule has 0 spiro atoms. The smallest absolute Gasteiger partial charge is 0.319 e. The van der Waals surface area contributed by atoms with Crippen LogP contribution in [-0.4, -0.2) is 17.3 Å². The van der Waals surface area contributed by atoms with Crippen LogP contribution in [0.3, 0.4) is 0 Å². The molecule has 2 aromatic carbocycles. The number of benzene rings is 2. The Labute approximate surface area is 125 Å². The van der Waals surface area contributed by atoms with E-state index in [1.165, 1.54) is 24.3 Å². The molecule has 0 aliphatic rings. The van der Waals surface area contributed by atoms with E-state index in [9.17, 15) is 18.5 Å². The van der Waals surface area contributed by atoms with Gasteiger partial charge in [0, 0.05) is 0 Å². The summed E-state index contributed by atoms with van der Waals surface area (Å²) in [5, 5.41) is 11.4. The van der Waals surface area contributed by atoms with E-state index in [0.717, 1.165) is 3.97 Å². The summed E-state index contributed by atoms with van der Waals surface area (Å²) in [6, 6.07) is 13.8. The SMILES string of the molecule is Nc1c([N+](=O)[O-])c2ccccc2n1S(=O)(=O)c1ccccc1. The second kappa shape index (κ2) is 4.85. The van der Waals surface area contributed by atoms with Crippen molar-refractivity contribution in [3.63, 3.8) is 0 Å². The summed E-state index contributed by atoms with van der Waals surface area (Å²) in [7, 11) is -4.02. The van der Waals surface area contributed by atoms with Crippen LogP contribution in [0.4, 0.5) is 11.5 Å². The number of rotatable bonds is 3. The van der Waals surface area contributed by atoms with E-state index in [1.54, 1.807) is 30.3 Å². The Bertz CT molecular complexity index is 978. The van der Waals surface area contributed by atoms with Crippen LogP contribution in [0.1, 0.15) is 0 Å². The first-order valence-electron chi connectivity index (χ1n) is 6.28. The fourth-order valence-electron chi connectivity index (χ4n) is 2.36. The van der Waals surface area contributed by atoms with Gasteiger partial charge in [0.15, 0.2) is 5.82 Å². The van der Waals surface area contributed by atoms with Crippen LogP contribution >= 0.6 is 0 Å². The van der Waals surface area contributed by atoms with Gasteiger partial charge in [0.2, 0.25) is 0 Å². The van der Waals surface area contributed by atoms with Gasteiger partial charge >= 0.3 is 5.69 Å². The molecular formula is C14H11N3O4S. The summed E-state index contributed by atoms with van der Waals surface area (Å²) in [5.41, 5.74) is 5.55. The van der Waals surface area contributed by atoms with E-state index < -0.39 is 26.5 Å². The molecule has 1 heterocycles. The summed E-state index contributed by atoms with van der Waals surface area (Å²) >= 11 is 0. The van der Waals surface area contributed by atoms with Crippen molar-refractivity contribution in [3.8, 4) is 0 Å². The van der Waals surface area contributed by atoms with Crippen LogP contribution in [0.5, 0.6) is 0 Å². The molecule has 0 aliphatic carbocycles. The predicted octanol–water partition coefficient (Wildman–Crippen LogP) is 2.37. The number of anilines is 1. The highest BCUT2D eigenvalue weighted by molar-refractivity contribution is 7.90. The molecule has 112 valence electrons. The summed E-state index contributed by atoms with van der Waals surface area (Å²) in [5.74, 6) is -0.407. The topological polar surface area (TPSA) is 108 Å². The third kappa shape index (κ3) is 1.92. The Morgan fingerprint density at radius 3 is 2.23 bits per heavy atom. The molecule has 0 saturated heterocycles. The number of hydrogen-bond donors (Lipinski definition) is 1. The Hall–Kier alpha value is -2.87. The molecule has 0 atom stereocenters. The van der Waals surface area contributed by atoms with Crippen molar-refractivity contribution in [3.05, 3.63) is 64.7 Å². The fourth-order valence-corrected chi connectivity index (χ4v) is 3.84. The summed E-state index contributed by atoms with van der Waals surface area (Å²) in [6.07, 6.45) is 0. The molecule has 8 heteroatoms. The van der Waals surface area contributed by atoms with Crippen molar-refractivity contribution in [2.45, 2.75) is 4.90 Å². The van der Waals surface area contributed by atoms with Gasteiger partial charge in [-0.25, -0.2) is 12.4 Å². The molecule has 0 radical (unpaired) electrons. The van der Waals surface area contributed by atoms with Crippen LogP contribution in [0, 0.1) is 10.1 Å². The van der Waals surface area contributed by atoms with Gasteiger partial charge in [0.1, 0.15) is 0 Å². The molecule has 0 saturated carbocycles. The predicted molar refractivity (Wildman–Crippen MR) is 82.0 cm³/mol. The maximum absolute atomic E-state index is 12.8. The monoisotopic (exact) mass is 317 g/mol. The second-order valence-electron chi connectivity index (χ2n) is 4.59. The number of hydrogen-bond acceptors (Lipinski definition) is 5. The highest BCUT2D eigenvalue weighted by Crippen LogP contribution is 2.37. The molecule has 0 unspecified atom stereocenters. The Kier molecular flexibility index (Phi) is 3.10. The van der Waals surface area contributed by atoms with Crippen molar-refractivity contribution in [1.82, 2.24) is 3.97 Å². The number of nitrogens with zero attached hydrogens (tertiary/aromatic N) is 2. The number of fused-ring (bicyclic) bond motifs is 1. The number of para-hydroxylation sites is 1. The molecule has 0 amide bonds. The maximum Gasteiger partial charge on any atom is 0.319 e. The lowest BCUT2D eigenvalue weighted by Crippen LogP contribution is -2.15. The number of nitrogen functional groups attached to an aromatic ring is 1. The van der Waals surface area contributed by atoms with E-state index in [2.05, 4.69) is 0 Å². The Morgan fingerprint density at radius 2 is 1.59 bits per heavy atom. The lowest BCUT2D eigenvalue weighted by atomic mass is 10.2. The van der Waals surface area contributed by atoms with Gasteiger partial charge in [-0.3, -0.25) is 10.1 Å². The Balaban J connectivity index is 2.42. The third-order valence-electron chi connectivity index (χ3n) is 3.30. The highest BCUT2D eigenvalue weighted by Gasteiger charge is 2.30. The zero-order valence-electron chi connectivity index (χ0n) is 11.2. The van der Waals surface area contributed by atoms with Crippen LogP contribution in [0.15, 0.2) is 59.5 Å². The number of aromatic nitrogens is 1. The minimum Gasteiger partial charge on any atom is -0.379 e. The lowest BCUT2D eigenvalue weighted by Gasteiger charge is -2.08. The van der Waals surface area contributed by atoms with Gasteiger partial charge in [0.25, 0.3) is 10.0 Å². The van der Waals surface area contributed by atoms with E-state index in [0.29, 0.717) is 0 Å². The van der Waals surface area contributed by atoms with Crippen molar-refractivity contribution in [1.29, 1.82) is 0 Å². The summed E-state index contributed by atoms with van der Waals surface area (Å²) in [6.45, 7) is 0. The van der Waals surface area contributed by atoms with Crippen molar-refractivity contribution < 1.29 is 13.3 Å². The van der Waals surface area contributed by atoms with E-state index >= 15 is 0 Å². The average molecular weight is 317 g/mol. The van der Waals surface area contributed by atoms with Crippen molar-refractivity contribution in [2.24, 2.45) is 0 Å². The van der Waals surface area contributed by atoms with Gasteiger partial charge in [-0.15, -0.1) is 0 Å². The Morgan fingerprint density at radius 1 is 1.00 bits per heavy atom. The van der Waals surface area contributed by atoms with E-state index in [4.69, 9.17) is 5.73 Å². The fraction of sp³-hybridized carbons (Fsp3) is 0. The number of nitrogens with two attached hydrogens (primary N) is 1. The second-order valence-corrected chi connectivity index (χ2v) is 6.38. The quantitative estimate of drug-likeness (QED) is 0.589. The normalized spacial score (nSPS) is 11.6. The molecular weight excluding hydrogens is 306 g/mol. The average Bonchev–Trinajstić information content (AvgIpc) is 2.80. The molecule has 0 aliphatic heterocycles. The van der Waals surface area contributed by atoms with Crippen molar-refractivity contribution >= 4 is 32.4 Å². The minimum absolute atomic E-state index is 0.0114. The first-order valence-corrected chi connectivity index (χ1v) is 7.72. The molecule has 1 aromatic heterocycles. The van der Waals surface area contributed by atoms with Gasteiger partial charge < -0.3 is 5.73 Å². The third-order valence-corrected chi connectivity index (χ3v) is 5.05. The molecule has 3 rings (SSSR count). The van der Waals surface area contributed by atoms with Crippen molar-refractivity contribution in [2.75, 3.05) is 5.73 Å². The first-order chi connectivity index (χ1) is 10.4. The molecule has 3 aromatic rings. The van der Waals surface area contributed by atoms with Gasteiger partial charge in [-0.1, -0.05) is 30.3 Å². The van der Waals surface area contributed by atoms with Crippen LogP contribution in [0.2, 0.25) is 0 Å². The largest absolute Gasteiger partial charge is 0.379 e. The van der Waals surface area contributed by atoms with E-state index in [1.807, 2.05) is 0 Å². The van der Waals surface area contributed by atoms with Gasteiger partial charge in [0.05, 0.1) is 20.7 Å². The highest BCUT2D eigenvalue weighted by atomic mass is 32.2. The molecule has 7 nitrogen and oxygen atoms in total. The standard InChI is InChI=1S/C14H11N3O4S/c15-14-13(17(18)19)11-8-4-5-9-12(11)16(14)22(20,21)10-6-2-1-3-7-10/h1-9H,15H2. The summed E-state index contributed by atoms with van der Waals surface area (Å²) in [4.78, 5) is 10.6. The zero-order chi connectivity index (χ0) is 15.9. The zero-order valence-corrected chi connectivity index (χ0v) is 12.0. The molecule has 2 N–H and O–H groups in total. The molecule has 0 fully saturated rings. The minimum atomic E-state index is -4.02. The number of nitro groups is 1.